The number of anilines is 1. The van der Waals surface area contributed by atoms with Gasteiger partial charge in [0.2, 0.25) is 11.9 Å². The van der Waals surface area contributed by atoms with Gasteiger partial charge in [-0.05, 0) is 25.7 Å². The molecule has 1 aliphatic carbocycles. The fourth-order valence-electron chi connectivity index (χ4n) is 3.68. The van der Waals surface area contributed by atoms with Crippen LogP contribution in [0.1, 0.15) is 32.1 Å². The molecule has 1 fully saturated rings. The van der Waals surface area contributed by atoms with Crippen LogP contribution in [0.15, 0.2) is 28.2 Å². The van der Waals surface area contributed by atoms with Crippen LogP contribution in [0, 0.1) is 0 Å². The summed E-state index contributed by atoms with van der Waals surface area (Å²) in [5, 5.41) is 0. The number of alkyl halides is 6. The summed E-state index contributed by atoms with van der Waals surface area (Å²) >= 11 is 0. The van der Waals surface area contributed by atoms with Gasteiger partial charge in [-0.1, -0.05) is 6.42 Å². The van der Waals surface area contributed by atoms with E-state index in [1.165, 1.54) is 17.0 Å². The van der Waals surface area contributed by atoms with E-state index in [0.717, 1.165) is 25.3 Å². The van der Waals surface area contributed by atoms with Crippen molar-refractivity contribution in [3.8, 4) is 11.5 Å². The number of benzene rings is 1. The molecule has 0 radical (unpaired) electrons. The predicted molar refractivity (Wildman–Crippen MR) is 101 cm³/mol. The predicted octanol–water partition coefficient (Wildman–Crippen LogP) is 3.68. The molecule has 1 aliphatic heterocycles. The van der Waals surface area contributed by atoms with E-state index in [0.29, 0.717) is 12.8 Å². The van der Waals surface area contributed by atoms with Gasteiger partial charge < -0.3 is 20.9 Å². The summed E-state index contributed by atoms with van der Waals surface area (Å²) in [6.45, 7) is -3.26. The Hall–Kier alpha value is -2.86. The maximum atomic E-state index is 12.6. The first kappa shape index (κ1) is 22.8. The second-order valence-corrected chi connectivity index (χ2v) is 7.29. The van der Waals surface area contributed by atoms with Gasteiger partial charge >= 0.3 is 12.4 Å². The Morgan fingerprint density at radius 1 is 0.871 bits per heavy atom. The van der Waals surface area contributed by atoms with Gasteiger partial charge in [0.1, 0.15) is 17.2 Å². The van der Waals surface area contributed by atoms with Gasteiger partial charge in [0.05, 0.1) is 5.69 Å². The first-order valence-electron chi connectivity index (χ1n) is 9.41. The van der Waals surface area contributed by atoms with E-state index in [2.05, 4.69) is 9.98 Å². The summed E-state index contributed by atoms with van der Waals surface area (Å²) in [6.07, 6.45) is -5.73. The number of aliphatic imine (C=N–C) groups is 2. The molecule has 0 atom stereocenters. The number of rotatable bonds is 5. The highest BCUT2D eigenvalue weighted by atomic mass is 19.4. The summed E-state index contributed by atoms with van der Waals surface area (Å²) in [5.74, 6) is -0.806. The van der Waals surface area contributed by atoms with Crippen molar-refractivity contribution in [1.82, 2.24) is 0 Å². The smallest absolute Gasteiger partial charge is 0.422 e. The molecule has 0 aromatic heterocycles. The number of hydrogen-bond acceptors (Lipinski definition) is 7. The number of guanidine groups is 2. The Kier molecular flexibility index (Phi) is 6.14. The SMILES string of the molecule is NC1=NC2(CCCCC2)N(c2cc(OCC(F)(F)F)cc(OCC(F)(F)F)c2)C(N)=N1. The monoisotopic (exact) mass is 453 g/mol. The lowest BCUT2D eigenvalue weighted by Crippen LogP contribution is -2.58. The van der Waals surface area contributed by atoms with Crippen molar-refractivity contribution >= 4 is 17.6 Å². The van der Waals surface area contributed by atoms with Crippen LogP contribution in [0.4, 0.5) is 32.0 Å². The van der Waals surface area contributed by atoms with Crippen molar-refractivity contribution in [2.24, 2.45) is 21.5 Å². The molecular formula is C18H21F6N5O2. The van der Waals surface area contributed by atoms with Crippen molar-refractivity contribution in [3.63, 3.8) is 0 Å². The van der Waals surface area contributed by atoms with E-state index in [9.17, 15) is 26.3 Å². The van der Waals surface area contributed by atoms with Crippen LogP contribution >= 0.6 is 0 Å². The number of hydrogen-bond donors (Lipinski definition) is 2. The first-order chi connectivity index (χ1) is 14.4. The molecule has 4 N–H and O–H groups in total. The maximum Gasteiger partial charge on any atom is 0.422 e. The zero-order chi connectivity index (χ0) is 22.9. The minimum Gasteiger partial charge on any atom is -0.484 e. The third kappa shape index (κ3) is 5.85. The van der Waals surface area contributed by atoms with E-state index < -0.39 is 31.2 Å². The molecular weight excluding hydrogens is 432 g/mol. The summed E-state index contributed by atoms with van der Waals surface area (Å²) in [7, 11) is 0. The summed E-state index contributed by atoms with van der Waals surface area (Å²) in [5.41, 5.74) is 11.0. The van der Waals surface area contributed by atoms with E-state index in [-0.39, 0.29) is 29.1 Å². The molecule has 2 aliphatic rings. The van der Waals surface area contributed by atoms with Crippen LogP contribution in [0.2, 0.25) is 0 Å². The number of halogens is 6. The highest BCUT2D eigenvalue weighted by Gasteiger charge is 2.43. The highest BCUT2D eigenvalue weighted by molar-refractivity contribution is 6.05. The van der Waals surface area contributed by atoms with Crippen molar-refractivity contribution < 1.29 is 35.8 Å². The van der Waals surface area contributed by atoms with E-state index in [1.807, 2.05) is 0 Å². The molecule has 1 aromatic rings. The second-order valence-electron chi connectivity index (χ2n) is 7.29. The standard InChI is InChI=1S/C18H21F6N5O2/c19-17(20,21)9-30-12-6-11(7-13(8-12)31-10-18(22,23)24)29-15(26)27-14(25)28-16(29)4-2-1-3-5-16/h6-8H,1-5,9-10H2,(H4,25,26,27,28). The zero-order valence-electron chi connectivity index (χ0n) is 16.3. The minimum absolute atomic E-state index is 0.0475. The number of ether oxygens (including phenoxy) is 2. The van der Waals surface area contributed by atoms with Crippen molar-refractivity contribution in [2.75, 3.05) is 18.1 Å². The average molecular weight is 453 g/mol. The lowest BCUT2D eigenvalue weighted by atomic mass is 9.87. The average Bonchev–Trinajstić information content (AvgIpc) is 2.63. The van der Waals surface area contributed by atoms with E-state index in [1.54, 1.807) is 0 Å². The summed E-state index contributed by atoms with van der Waals surface area (Å²) in [6, 6.07) is 3.40. The van der Waals surface area contributed by atoms with Crippen molar-refractivity contribution in [2.45, 2.75) is 50.1 Å². The van der Waals surface area contributed by atoms with Crippen LogP contribution < -0.4 is 25.8 Å². The Labute approximate surface area is 173 Å². The fraction of sp³-hybridized carbons (Fsp3) is 0.556. The zero-order valence-corrected chi connectivity index (χ0v) is 16.3. The van der Waals surface area contributed by atoms with Crippen LogP contribution in [0.3, 0.4) is 0 Å². The van der Waals surface area contributed by atoms with Crippen molar-refractivity contribution in [3.05, 3.63) is 18.2 Å². The molecule has 1 heterocycles. The normalized spacial score (nSPS) is 19.1. The first-order valence-corrected chi connectivity index (χ1v) is 9.41. The van der Waals surface area contributed by atoms with Crippen LogP contribution in [-0.4, -0.2) is 43.1 Å². The molecule has 1 saturated carbocycles. The maximum absolute atomic E-state index is 12.6. The molecule has 0 saturated heterocycles. The molecule has 31 heavy (non-hydrogen) atoms. The van der Waals surface area contributed by atoms with Crippen molar-refractivity contribution in [1.29, 1.82) is 0 Å². The second kappa shape index (κ2) is 8.35. The Bertz CT molecular complexity index is 826. The van der Waals surface area contributed by atoms with Gasteiger partial charge in [-0.15, -0.1) is 0 Å². The molecule has 13 heteroatoms. The quantitative estimate of drug-likeness (QED) is 0.663. The third-order valence-corrected chi connectivity index (χ3v) is 4.78. The molecule has 7 nitrogen and oxygen atoms in total. The lowest BCUT2D eigenvalue weighted by molar-refractivity contribution is -0.153. The number of nitrogens with zero attached hydrogens (tertiary/aromatic N) is 3. The van der Waals surface area contributed by atoms with Crippen LogP contribution in [0.25, 0.3) is 0 Å². The largest absolute Gasteiger partial charge is 0.484 e. The van der Waals surface area contributed by atoms with Gasteiger partial charge in [0.15, 0.2) is 13.2 Å². The Morgan fingerprint density at radius 3 is 1.87 bits per heavy atom. The number of nitrogens with two attached hydrogens (primary N) is 2. The van der Waals surface area contributed by atoms with Gasteiger partial charge in [0.25, 0.3) is 0 Å². The lowest BCUT2D eigenvalue weighted by Gasteiger charge is -2.45. The summed E-state index contributed by atoms with van der Waals surface area (Å²) in [4.78, 5) is 9.81. The third-order valence-electron chi connectivity index (χ3n) is 4.78. The Balaban J connectivity index is 2.01. The molecule has 1 spiro atoms. The summed E-state index contributed by atoms with van der Waals surface area (Å²) < 4.78 is 85.1. The topological polar surface area (TPSA) is 98.5 Å². The van der Waals surface area contributed by atoms with Crippen LogP contribution in [-0.2, 0) is 0 Å². The van der Waals surface area contributed by atoms with Gasteiger partial charge in [-0.25, -0.2) is 4.99 Å². The molecule has 0 bridgehead atoms. The fourth-order valence-corrected chi connectivity index (χ4v) is 3.68. The van der Waals surface area contributed by atoms with Gasteiger partial charge in [0, 0.05) is 18.2 Å². The molecule has 172 valence electrons. The van der Waals surface area contributed by atoms with Gasteiger partial charge in [-0.3, -0.25) is 4.90 Å². The highest BCUT2D eigenvalue weighted by Crippen LogP contribution is 2.41. The molecule has 3 rings (SSSR count). The molecule has 0 amide bonds. The van der Waals surface area contributed by atoms with E-state index >= 15 is 0 Å². The van der Waals surface area contributed by atoms with E-state index in [4.69, 9.17) is 20.9 Å². The van der Waals surface area contributed by atoms with Gasteiger partial charge in [-0.2, -0.15) is 31.3 Å². The minimum atomic E-state index is -4.64. The molecule has 0 unspecified atom stereocenters. The van der Waals surface area contributed by atoms with Crippen LogP contribution in [0.5, 0.6) is 11.5 Å². The Morgan fingerprint density at radius 2 is 1.39 bits per heavy atom. The molecule has 1 aromatic carbocycles.